The Balaban J connectivity index is 1.23. The monoisotopic (exact) mass is 479 g/mol. The first-order valence-electron chi connectivity index (χ1n) is 12.6. The Labute approximate surface area is 205 Å². The van der Waals surface area contributed by atoms with Crippen LogP contribution in [0.4, 0.5) is 0 Å². The summed E-state index contributed by atoms with van der Waals surface area (Å²) in [6.45, 7) is 3.97. The van der Waals surface area contributed by atoms with Crippen LogP contribution in [0.5, 0.6) is 0 Å². The molecular formula is C25H33N7O3. The van der Waals surface area contributed by atoms with Gasteiger partial charge in [0, 0.05) is 49.6 Å². The fourth-order valence-electron chi connectivity index (χ4n) is 6.02. The van der Waals surface area contributed by atoms with Crippen molar-refractivity contribution in [2.24, 2.45) is 5.41 Å². The van der Waals surface area contributed by atoms with Crippen molar-refractivity contribution >= 4 is 11.7 Å². The molecule has 0 radical (unpaired) electrons. The van der Waals surface area contributed by atoms with Gasteiger partial charge in [-0.3, -0.25) is 14.5 Å². The number of hydrogen-bond acceptors (Lipinski definition) is 8. The van der Waals surface area contributed by atoms with Crippen molar-refractivity contribution in [2.45, 2.75) is 70.9 Å². The summed E-state index contributed by atoms with van der Waals surface area (Å²) in [5, 5.41) is 20.9. The van der Waals surface area contributed by atoms with Gasteiger partial charge in [0.15, 0.2) is 11.6 Å². The number of amides is 1. The molecule has 2 aromatic rings. The van der Waals surface area contributed by atoms with Crippen LogP contribution < -0.4 is 0 Å². The van der Waals surface area contributed by atoms with E-state index in [0.717, 1.165) is 68.3 Å². The third kappa shape index (κ3) is 4.64. The number of nitrogens with zero attached hydrogens (tertiary/aromatic N) is 7. The summed E-state index contributed by atoms with van der Waals surface area (Å²) < 4.78 is 1.51. The summed E-state index contributed by atoms with van der Waals surface area (Å²) in [5.41, 5.74) is 2.50. The first-order valence-corrected chi connectivity index (χ1v) is 12.6. The van der Waals surface area contributed by atoms with Crippen molar-refractivity contribution in [3.05, 3.63) is 41.5 Å². The lowest BCUT2D eigenvalue weighted by Crippen LogP contribution is -2.44. The van der Waals surface area contributed by atoms with Crippen LogP contribution in [0.15, 0.2) is 35.9 Å². The second kappa shape index (κ2) is 9.94. The van der Waals surface area contributed by atoms with E-state index in [1.807, 2.05) is 30.2 Å². The van der Waals surface area contributed by atoms with Crippen molar-refractivity contribution in [2.75, 3.05) is 19.7 Å². The number of Topliss-reactive ketones (excluding diaryl/α,β-unsaturated/α-hetero) is 1. The van der Waals surface area contributed by atoms with Crippen molar-refractivity contribution in [1.82, 2.24) is 35.0 Å². The number of hydrogen-bond donors (Lipinski definition) is 1. The van der Waals surface area contributed by atoms with Crippen LogP contribution in [0.1, 0.15) is 63.9 Å². The molecule has 5 rings (SSSR count). The summed E-state index contributed by atoms with van der Waals surface area (Å²) in [5.74, 6) is 1.06. The van der Waals surface area contributed by atoms with E-state index in [1.54, 1.807) is 0 Å². The molecule has 0 aromatic carbocycles. The zero-order valence-electron chi connectivity index (χ0n) is 20.3. The van der Waals surface area contributed by atoms with Gasteiger partial charge in [-0.2, -0.15) is 4.68 Å². The van der Waals surface area contributed by atoms with Crippen LogP contribution in [0, 0.1) is 5.41 Å². The summed E-state index contributed by atoms with van der Waals surface area (Å²) >= 11 is 0. The fourth-order valence-corrected chi connectivity index (χ4v) is 6.02. The lowest BCUT2D eigenvalue weighted by Gasteiger charge is -2.41. The molecule has 0 atom stereocenters. The average molecular weight is 480 g/mol. The topological polar surface area (TPSA) is 117 Å². The number of tetrazole rings is 1. The van der Waals surface area contributed by atoms with Crippen molar-refractivity contribution in [3.8, 4) is 5.82 Å². The number of aliphatic hydroxyl groups excluding tert-OH is 1. The first-order chi connectivity index (χ1) is 17.0. The number of ketones is 1. The Kier molecular flexibility index (Phi) is 6.75. The van der Waals surface area contributed by atoms with Crippen LogP contribution in [-0.2, 0) is 16.1 Å². The maximum Gasteiger partial charge on any atom is 0.233 e. The molecular weight excluding hydrogens is 446 g/mol. The SMILES string of the molecule is CC1=C(N2CC[C@]3(CC[C@H](N(CCO)Cc4ccc(-n5cnnn5)nc4)CC3)C2=O)CCCC1=O. The predicted octanol–water partition coefficient (Wildman–Crippen LogP) is 2.04. The summed E-state index contributed by atoms with van der Waals surface area (Å²) in [4.78, 5) is 34.5. The molecule has 1 spiro atoms. The Morgan fingerprint density at radius 3 is 2.69 bits per heavy atom. The highest BCUT2D eigenvalue weighted by Crippen LogP contribution is 2.47. The third-order valence-corrected chi connectivity index (χ3v) is 8.10. The van der Waals surface area contributed by atoms with E-state index in [0.29, 0.717) is 31.4 Å². The van der Waals surface area contributed by atoms with Gasteiger partial charge in [-0.05, 0) is 73.9 Å². The Hall–Kier alpha value is -2.98. The van der Waals surface area contributed by atoms with Gasteiger partial charge in [0.1, 0.15) is 6.33 Å². The zero-order chi connectivity index (χ0) is 24.4. The number of aliphatic hydroxyl groups is 1. The molecule has 10 heteroatoms. The van der Waals surface area contributed by atoms with Crippen LogP contribution in [0.25, 0.3) is 5.82 Å². The zero-order valence-corrected chi connectivity index (χ0v) is 20.3. The maximum atomic E-state index is 13.6. The first kappa shape index (κ1) is 23.7. The minimum Gasteiger partial charge on any atom is -0.395 e. The molecule has 0 unspecified atom stereocenters. The van der Waals surface area contributed by atoms with E-state index in [-0.39, 0.29) is 23.7 Å². The molecule has 35 heavy (non-hydrogen) atoms. The van der Waals surface area contributed by atoms with Gasteiger partial charge in [-0.15, -0.1) is 5.10 Å². The van der Waals surface area contributed by atoms with E-state index in [1.165, 1.54) is 11.0 Å². The number of pyridine rings is 1. The standard InChI is InChI=1S/C25H33N7O3/c1-18-21(3-2-4-22(18)34)31-12-11-25(24(31)35)9-7-20(8-10-25)30(13-14-33)16-19-5-6-23(26-15-19)32-17-27-28-29-32/h5-6,15,17,20,33H,2-4,7-14,16H2,1H3/t20-,25+. The lowest BCUT2D eigenvalue weighted by molar-refractivity contribution is -0.137. The van der Waals surface area contributed by atoms with E-state index in [2.05, 4.69) is 25.4 Å². The molecule has 1 saturated heterocycles. The molecule has 186 valence electrons. The average Bonchev–Trinajstić information content (AvgIpc) is 3.51. The molecule has 0 bridgehead atoms. The number of allylic oxidation sites excluding steroid dienone is 2. The summed E-state index contributed by atoms with van der Waals surface area (Å²) in [6.07, 6.45) is 10.0. The summed E-state index contributed by atoms with van der Waals surface area (Å²) in [6, 6.07) is 4.21. The van der Waals surface area contributed by atoms with Gasteiger partial charge >= 0.3 is 0 Å². The minimum absolute atomic E-state index is 0.0892. The molecule has 1 N–H and O–H groups in total. The number of carbonyl (C=O) groups excluding carboxylic acids is 2. The predicted molar refractivity (Wildman–Crippen MR) is 127 cm³/mol. The van der Waals surface area contributed by atoms with Crippen molar-refractivity contribution in [1.29, 1.82) is 0 Å². The van der Waals surface area contributed by atoms with Crippen LogP contribution in [-0.4, -0.2) is 77.5 Å². The molecule has 3 heterocycles. The molecule has 2 aromatic heterocycles. The van der Waals surface area contributed by atoms with Gasteiger partial charge in [0.05, 0.1) is 12.0 Å². The molecule has 1 saturated carbocycles. The smallest absolute Gasteiger partial charge is 0.233 e. The molecule has 10 nitrogen and oxygen atoms in total. The minimum atomic E-state index is -0.301. The van der Waals surface area contributed by atoms with Gasteiger partial charge in [-0.25, -0.2) is 4.98 Å². The summed E-state index contributed by atoms with van der Waals surface area (Å²) in [7, 11) is 0. The van der Waals surface area contributed by atoms with Crippen molar-refractivity contribution < 1.29 is 14.7 Å². The highest BCUT2D eigenvalue weighted by atomic mass is 16.3. The van der Waals surface area contributed by atoms with E-state index < -0.39 is 0 Å². The number of likely N-dealkylation sites (tertiary alicyclic amines) is 1. The lowest BCUT2D eigenvalue weighted by atomic mass is 9.71. The maximum absolute atomic E-state index is 13.6. The van der Waals surface area contributed by atoms with Gasteiger partial charge in [0.2, 0.25) is 5.91 Å². The van der Waals surface area contributed by atoms with Crippen LogP contribution >= 0.6 is 0 Å². The molecule has 2 fully saturated rings. The van der Waals surface area contributed by atoms with E-state index in [4.69, 9.17) is 0 Å². The molecule has 2 aliphatic carbocycles. The second-order valence-corrected chi connectivity index (χ2v) is 10.0. The quantitative estimate of drug-likeness (QED) is 0.641. The molecule has 3 aliphatic rings. The Bertz CT molecular complexity index is 1090. The highest BCUT2D eigenvalue weighted by molar-refractivity contribution is 5.97. The van der Waals surface area contributed by atoms with Crippen LogP contribution in [0.2, 0.25) is 0 Å². The normalized spacial score (nSPS) is 25.3. The van der Waals surface area contributed by atoms with Gasteiger partial charge < -0.3 is 10.0 Å². The van der Waals surface area contributed by atoms with Crippen molar-refractivity contribution in [3.63, 3.8) is 0 Å². The van der Waals surface area contributed by atoms with E-state index in [9.17, 15) is 14.7 Å². The third-order valence-electron chi connectivity index (χ3n) is 8.10. The van der Waals surface area contributed by atoms with Crippen LogP contribution in [0.3, 0.4) is 0 Å². The Morgan fingerprint density at radius 2 is 2.00 bits per heavy atom. The number of rotatable bonds is 7. The largest absolute Gasteiger partial charge is 0.395 e. The molecule has 1 amide bonds. The van der Waals surface area contributed by atoms with Gasteiger partial charge in [-0.1, -0.05) is 6.07 Å². The number of carbonyl (C=O) groups is 2. The van der Waals surface area contributed by atoms with Gasteiger partial charge in [0.25, 0.3) is 0 Å². The molecule has 1 aliphatic heterocycles. The number of aromatic nitrogens is 5. The van der Waals surface area contributed by atoms with E-state index >= 15 is 0 Å². The Morgan fingerprint density at radius 1 is 1.17 bits per heavy atom. The highest BCUT2D eigenvalue weighted by Gasteiger charge is 2.50. The fraction of sp³-hybridized carbons (Fsp3) is 0.600. The second-order valence-electron chi connectivity index (χ2n) is 10.0.